The van der Waals surface area contributed by atoms with Gasteiger partial charge >= 0.3 is 0 Å². The van der Waals surface area contributed by atoms with Gasteiger partial charge in [-0.15, -0.1) is 0 Å². The quantitative estimate of drug-likeness (QED) is 0.732. The van der Waals surface area contributed by atoms with E-state index in [1.54, 1.807) is 0 Å². The van der Waals surface area contributed by atoms with E-state index in [0.29, 0.717) is 11.7 Å². The zero-order chi connectivity index (χ0) is 11.4. The largest absolute Gasteiger partial charge is 0.300 e. The molecular formula is C15H18O. The fraction of sp³-hybridized carbons (Fsp3) is 0.400. The van der Waals surface area contributed by atoms with Gasteiger partial charge in [0.1, 0.15) is 5.78 Å². The molecule has 16 heavy (non-hydrogen) atoms. The van der Waals surface area contributed by atoms with Gasteiger partial charge in [0.05, 0.1) is 0 Å². The number of ketones is 1. The molecule has 84 valence electrons. The van der Waals surface area contributed by atoms with Crippen molar-refractivity contribution in [3.63, 3.8) is 0 Å². The molecule has 0 aromatic heterocycles. The molecule has 1 atom stereocenters. The smallest absolute Gasteiger partial charge is 0.133 e. The SMILES string of the molecule is Cc1ccc(/C=C\C2CCCC(=O)C2)cc1. The fourth-order valence-electron chi connectivity index (χ4n) is 2.15. The summed E-state index contributed by atoms with van der Waals surface area (Å²) in [6.45, 7) is 2.09. The van der Waals surface area contributed by atoms with Crippen LogP contribution in [-0.2, 0) is 4.79 Å². The van der Waals surface area contributed by atoms with Gasteiger partial charge < -0.3 is 0 Å². The lowest BCUT2D eigenvalue weighted by molar-refractivity contribution is -0.121. The Balaban J connectivity index is 1.98. The molecule has 0 heterocycles. The predicted octanol–water partition coefficient (Wildman–Crippen LogP) is 3.77. The molecule has 1 aromatic carbocycles. The minimum Gasteiger partial charge on any atom is -0.300 e. The van der Waals surface area contributed by atoms with Crippen molar-refractivity contribution in [3.8, 4) is 0 Å². The second-order valence-electron chi connectivity index (χ2n) is 4.66. The van der Waals surface area contributed by atoms with Gasteiger partial charge in [0.15, 0.2) is 0 Å². The molecule has 2 rings (SSSR count). The first kappa shape index (κ1) is 11.1. The molecule has 0 aliphatic heterocycles. The Morgan fingerprint density at radius 2 is 2.00 bits per heavy atom. The first-order valence-corrected chi connectivity index (χ1v) is 6.00. The molecule has 1 saturated carbocycles. The molecule has 0 amide bonds. The Morgan fingerprint density at radius 1 is 1.25 bits per heavy atom. The van der Waals surface area contributed by atoms with E-state index in [1.807, 2.05) is 0 Å². The standard InChI is InChI=1S/C15H18O/c1-12-5-7-13(8-6-12)9-10-14-3-2-4-15(16)11-14/h5-10,14H,2-4,11H2,1H3/b10-9-. The van der Waals surface area contributed by atoms with E-state index in [2.05, 4.69) is 43.3 Å². The van der Waals surface area contributed by atoms with Crippen LogP contribution in [0.3, 0.4) is 0 Å². The second kappa shape index (κ2) is 5.11. The average molecular weight is 214 g/mol. The summed E-state index contributed by atoms with van der Waals surface area (Å²) in [5, 5.41) is 0. The van der Waals surface area contributed by atoms with Crippen LogP contribution >= 0.6 is 0 Å². The Hall–Kier alpha value is -1.37. The van der Waals surface area contributed by atoms with Crippen molar-refractivity contribution >= 4 is 11.9 Å². The summed E-state index contributed by atoms with van der Waals surface area (Å²) >= 11 is 0. The van der Waals surface area contributed by atoms with E-state index in [9.17, 15) is 4.79 Å². The highest BCUT2D eigenvalue weighted by molar-refractivity contribution is 5.79. The van der Waals surface area contributed by atoms with Crippen LogP contribution < -0.4 is 0 Å². The summed E-state index contributed by atoms with van der Waals surface area (Å²) in [5.74, 6) is 0.882. The Bertz CT molecular complexity index is 386. The first-order valence-electron chi connectivity index (χ1n) is 6.00. The number of hydrogen-bond donors (Lipinski definition) is 0. The molecule has 0 saturated heterocycles. The van der Waals surface area contributed by atoms with E-state index < -0.39 is 0 Å². The molecular weight excluding hydrogens is 196 g/mol. The maximum absolute atomic E-state index is 11.3. The maximum Gasteiger partial charge on any atom is 0.133 e. The number of Topliss-reactive ketones (excluding diaryl/α,β-unsaturated/α-hetero) is 1. The number of hydrogen-bond acceptors (Lipinski definition) is 1. The van der Waals surface area contributed by atoms with Crippen molar-refractivity contribution in [1.29, 1.82) is 0 Å². The predicted molar refractivity (Wildman–Crippen MR) is 67.2 cm³/mol. The van der Waals surface area contributed by atoms with Gasteiger partial charge in [-0.3, -0.25) is 4.79 Å². The van der Waals surface area contributed by atoms with Crippen molar-refractivity contribution < 1.29 is 4.79 Å². The van der Waals surface area contributed by atoms with Gasteiger partial charge in [0.2, 0.25) is 0 Å². The lowest BCUT2D eigenvalue weighted by Gasteiger charge is -2.16. The van der Waals surface area contributed by atoms with Gasteiger partial charge in [-0.05, 0) is 31.2 Å². The average Bonchev–Trinajstić information content (AvgIpc) is 2.28. The van der Waals surface area contributed by atoms with Crippen molar-refractivity contribution in [2.75, 3.05) is 0 Å². The Kier molecular flexibility index (Phi) is 3.55. The summed E-state index contributed by atoms with van der Waals surface area (Å²) in [6.07, 6.45) is 8.08. The molecule has 1 aliphatic carbocycles. The molecule has 0 spiro atoms. The van der Waals surface area contributed by atoms with Crippen molar-refractivity contribution in [1.82, 2.24) is 0 Å². The number of aryl methyl sites for hydroxylation is 1. The first-order chi connectivity index (χ1) is 7.74. The molecule has 1 aromatic rings. The van der Waals surface area contributed by atoms with Gasteiger partial charge in [0, 0.05) is 12.8 Å². The Labute approximate surface area is 97.2 Å². The highest BCUT2D eigenvalue weighted by Crippen LogP contribution is 2.23. The molecule has 0 bridgehead atoms. The minimum absolute atomic E-state index is 0.421. The number of benzene rings is 1. The van der Waals surface area contributed by atoms with Crippen molar-refractivity contribution in [2.45, 2.75) is 32.6 Å². The highest BCUT2D eigenvalue weighted by Gasteiger charge is 2.16. The summed E-state index contributed by atoms with van der Waals surface area (Å²) < 4.78 is 0. The lowest BCUT2D eigenvalue weighted by atomic mass is 9.88. The van der Waals surface area contributed by atoms with E-state index in [0.717, 1.165) is 25.7 Å². The molecule has 0 radical (unpaired) electrons. The minimum atomic E-state index is 0.421. The van der Waals surface area contributed by atoms with Gasteiger partial charge in [-0.25, -0.2) is 0 Å². The monoisotopic (exact) mass is 214 g/mol. The van der Waals surface area contributed by atoms with E-state index >= 15 is 0 Å². The number of allylic oxidation sites excluding steroid dienone is 1. The van der Waals surface area contributed by atoms with Crippen LogP contribution in [0.1, 0.15) is 36.8 Å². The topological polar surface area (TPSA) is 17.1 Å². The zero-order valence-electron chi connectivity index (χ0n) is 9.78. The van der Waals surface area contributed by atoms with Crippen LogP contribution in [0, 0.1) is 12.8 Å². The van der Waals surface area contributed by atoms with Crippen LogP contribution in [0.2, 0.25) is 0 Å². The second-order valence-corrected chi connectivity index (χ2v) is 4.66. The number of carbonyl (C=O) groups is 1. The van der Waals surface area contributed by atoms with Gasteiger partial charge in [0.25, 0.3) is 0 Å². The van der Waals surface area contributed by atoms with Crippen LogP contribution in [0.5, 0.6) is 0 Å². The van der Waals surface area contributed by atoms with Crippen LogP contribution in [0.25, 0.3) is 6.08 Å². The third-order valence-corrected chi connectivity index (χ3v) is 3.16. The van der Waals surface area contributed by atoms with E-state index in [4.69, 9.17) is 0 Å². The number of rotatable bonds is 2. The van der Waals surface area contributed by atoms with Gasteiger partial charge in [-0.1, -0.05) is 42.0 Å². The lowest BCUT2D eigenvalue weighted by Crippen LogP contribution is -2.12. The highest BCUT2D eigenvalue weighted by atomic mass is 16.1. The van der Waals surface area contributed by atoms with Crippen molar-refractivity contribution in [3.05, 3.63) is 41.5 Å². The fourth-order valence-corrected chi connectivity index (χ4v) is 2.15. The molecule has 1 unspecified atom stereocenters. The number of carbonyl (C=O) groups excluding carboxylic acids is 1. The summed E-state index contributed by atoms with van der Waals surface area (Å²) in [4.78, 5) is 11.3. The summed E-state index contributed by atoms with van der Waals surface area (Å²) in [5.41, 5.74) is 2.51. The van der Waals surface area contributed by atoms with Crippen LogP contribution in [0.4, 0.5) is 0 Å². The van der Waals surface area contributed by atoms with Crippen LogP contribution in [0.15, 0.2) is 30.3 Å². The van der Waals surface area contributed by atoms with Crippen molar-refractivity contribution in [2.24, 2.45) is 5.92 Å². The molecule has 1 heteroatoms. The van der Waals surface area contributed by atoms with E-state index in [1.165, 1.54) is 11.1 Å². The normalized spacial score (nSPS) is 21.6. The van der Waals surface area contributed by atoms with E-state index in [-0.39, 0.29) is 0 Å². The molecule has 1 nitrogen and oxygen atoms in total. The van der Waals surface area contributed by atoms with Crippen LogP contribution in [-0.4, -0.2) is 5.78 Å². The molecule has 1 aliphatic rings. The summed E-state index contributed by atoms with van der Waals surface area (Å²) in [6, 6.07) is 8.48. The maximum atomic E-state index is 11.3. The molecule has 1 fully saturated rings. The zero-order valence-corrected chi connectivity index (χ0v) is 9.78. The summed E-state index contributed by atoms with van der Waals surface area (Å²) in [7, 11) is 0. The molecule has 0 N–H and O–H groups in total. The third kappa shape index (κ3) is 3.06. The Morgan fingerprint density at radius 3 is 2.69 bits per heavy atom. The third-order valence-electron chi connectivity index (χ3n) is 3.16. The van der Waals surface area contributed by atoms with Gasteiger partial charge in [-0.2, -0.15) is 0 Å².